The Morgan fingerprint density at radius 2 is 1.81 bits per heavy atom. The van der Waals surface area contributed by atoms with Crippen LogP contribution in [-0.4, -0.2) is 24.2 Å². The van der Waals surface area contributed by atoms with E-state index in [1.54, 1.807) is 0 Å². The van der Waals surface area contributed by atoms with E-state index in [0.29, 0.717) is 12.1 Å². The molecule has 2 rings (SSSR count). The van der Waals surface area contributed by atoms with Gasteiger partial charge in [0, 0.05) is 17.5 Å². The number of nitrogen functional groups attached to an aromatic ring is 1. The van der Waals surface area contributed by atoms with Crippen LogP contribution in [0.5, 0.6) is 0 Å². The first kappa shape index (κ1) is 16.4. The maximum absolute atomic E-state index is 12.2. The molecule has 1 amide bonds. The standard InChI is InChI=1S/C15H20Cl2N2O2/c16-11-6-10(7-12(17)13(11)18)14(21)19-8-15(9-20)4-2-1-3-5-15/h6-7,20H,1-5,8-9,18H2,(H,19,21). The number of halogens is 2. The molecule has 1 aliphatic rings. The van der Waals surface area contributed by atoms with Crippen LogP contribution >= 0.6 is 23.2 Å². The molecule has 4 N–H and O–H groups in total. The predicted molar refractivity (Wildman–Crippen MR) is 85.8 cm³/mol. The van der Waals surface area contributed by atoms with Crippen molar-refractivity contribution in [2.24, 2.45) is 5.41 Å². The lowest BCUT2D eigenvalue weighted by Gasteiger charge is -2.35. The molecule has 0 radical (unpaired) electrons. The summed E-state index contributed by atoms with van der Waals surface area (Å²) in [6.45, 7) is 0.554. The van der Waals surface area contributed by atoms with Gasteiger partial charge >= 0.3 is 0 Å². The second-order valence-electron chi connectivity index (χ2n) is 5.76. The van der Waals surface area contributed by atoms with E-state index in [9.17, 15) is 9.90 Å². The zero-order valence-electron chi connectivity index (χ0n) is 11.8. The molecule has 0 unspecified atom stereocenters. The number of aliphatic hydroxyl groups excluding tert-OH is 1. The Morgan fingerprint density at radius 3 is 2.33 bits per heavy atom. The summed E-state index contributed by atoms with van der Waals surface area (Å²) in [6, 6.07) is 3.01. The number of aliphatic hydroxyl groups is 1. The number of amides is 1. The Morgan fingerprint density at radius 1 is 1.24 bits per heavy atom. The van der Waals surface area contributed by atoms with Gasteiger partial charge in [-0.1, -0.05) is 42.5 Å². The summed E-state index contributed by atoms with van der Waals surface area (Å²) in [6.07, 6.45) is 5.25. The highest BCUT2D eigenvalue weighted by atomic mass is 35.5. The molecular formula is C15H20Cl2N2O2. The van der Waals surface area contributed by atoms with Crippen molar-refractivity contribution in [3.05, 3.63) is 27.7 Å². The van der Waals surface area contributed by atoms with E-state index in [-0.39, 0.29) is 33.7 Å². The van der Waals surface area contributed by atoms with Gasteiger partial charge in [-0.25, -0.2) is 0 Å². The molecule has 1 aliphatic carbocycles. The normalized spacial score (nSPS) is 17.5. The van der Waals surface area contributed by atoms with E-state index in [4.69, 9.17) is 28.9 Å². The van der Waals surface area contributed by atoms with Gasteiger partial charge in [0.25, 0.3) is 5.91 Å². The zero-order chi connectivity index (χ0) is 15.5. The lowest BCUT2D eigenvalue weighted by molar-refractivity contribution is 0.0718. The molecule has 0 saturated heterocycles. The number of hydrogen-bond donors (Lipinski definition) is 3. The molecule has 1 fully saturated rings. The molecule has 1 saturated carbocycles. The molecule has 0 atom stereocenters. The number of rotatable bonds is 4. The number of anilines is 1. The molecule has 21 heavy (non-hydrogen) atoms. The highest BCUT2D eigenvalue weighted by Gasteiger charge is 2.31. The number of hydrogen-bond acceptors (Lipinski definition) is 3. The summed E-state index contributed by atoms with van der Waals surface area (Å²) in [4.78, 5) is 12.2. The number of benzene rings is 1. The third kappa shape index (κ3) is 3.82. The van der Waals surface area contributed by atoms with Crippen molar-refractivity contribution < 1.29 is 9.90 Å². The van der Waals surface area contributed by atoms with E-state index in [1.807, 2.05) is 0 Å². The number of nitrogens with two attached hydrogens (primary N) is 1. The van der Waals surface area contributed by atoms with Crippen LogP contribution in [0.2, 0.25) is 10.0 Å². The van der Waals surface area contributed by atoms with Gasteiger partial charge < -0.3 is 16.2 Å². The van der Waals surface area contributed by atoms with Crippen molar-refractivity contribution in [3.63, 3.8) is 0 Å². The van der Waals surface area contributed by atoms with Gasteiger partial charge in [0.15, 0.2) is 0 Å². The van der Waals surface area contributed by atoms with Crippen LogP contribution in [0.3, 0.4) is 0 Å². The third-order valence-electron chi connectivity index (χ3n) is 4.21. The Labute approximate surface area is 134 Å². The van der Waals surface area contributed by atoms with Crippen LogP contribution in [0.15, 0.2) is 12.1 Å². The van der Waals surface area contributed by atoms with E-state index in [1.165, 1.54) is 18.6 Å². The summed E-state index contributed by atoms with van der Waals surface area (Å²) in [5.41, 5.74) is 6.11. The fourth-order valence-electron chi connectivity index (χ4n) is 2.78. The minimum atomic E-state index is -0.253. The van der Waals surface area contributed by atoms with Crippen molar-refractivity contribution in [2.75, 3.05) is 18.9 Å². The first-order valence-electron chi connectivity index (χ1n) is 7.11. The van der Waals surface area contributed by atoms with Crippen LogP contribution < -0.4 is 11.1 Å². The summed E-state index contributed by atoms with van der Waals surface area (Å²) < 4.78 is 0. The highest BCUT2D eigenvalue weighted by molar-refractivity contribution is 6.39. The fourth-order valence-corrected chi connectivity index (χ4v) is 3.26. The van der Waals surface area contributed by atoms with Crippen molar-refractivity contribution in [2.45, 2.75) is 32.1 Å². The van der Waals surface area contributed by atoms with Gasteiger partial charge in [0.1, 0.15) is 0 Å². The molecule has 6 heteroatoms. The first-order valence-corrected chi connectivity index (χ1v) is 7.87. The van der Waals surface area contributed by atoms with Crippen LogP contribution in [0, 0.1) is 5.41 Å². The van der Waals surface area contributed by atoms with Crippen molar-refractivity contribution in [1.82, 2.24) is 5.32 Å². The maximum atomic E-state index is 12.2. The zero-order valence-corrected chi connectivity index (χ0v) is 13.3. The summed E-state index contributed by atoms with van der Waals surface area (Å²) in [5, 5.41) is 13.0. The molecule has 0 spiro atoms. The Bertz CT molecular complexity index is 505. The van der Waals surface area contributed by atoms with E-state index >= 15 is 0 Å². The quantitative estimate of drug-likeness (QED) is 0.742. The van der Waals surface area contributed by atoms with Gasteiger partial charge in [-0.05, 0) is 25.0 Å². The smallest absolute Gasteiger partial charge is 0.251 e. The minimum absolute atomic E-state index is 0.0938. The van der Waals surface area contributed by atoms with Gasteiger partial charge in [-0.2, -0.15) is 0 Å². The van der Waals surface area contributed by atoms with E-state index in [2.05, 4.69) is 5.32 Å². The SMILES string of the molecule is Nc1c(Cl)cc(C(=O)NCC2(CO)CCCCC2)cc1Cl. The maximum Gasteiger partial charge on any atom is 0.251 e. The number of nitrogens with one attached hydrogen (secondary N) is 1. The van der Waals surface area contributed by atoms with Crippen LogP contribution in [0.1, 0.15) is 42.5 Å². The Hall–Kier alpha value is -0.970. The van der Waals surface area contributed by atoms with Gasteiger partial charge in [0.05, 0.1) is 22.3 Å². The van der Waals surface area contributed by atoms with Crippen molar-refractivity contribution in [1.29, 1.82) is 0 Å². The van der Waals surface area contributed by atoms with Gasteiger partial charge in [-0.3, -0.25) is 4.79 Å². The summed E-state index contributed by atoms with van der Waals surface area (Å²) >= 11 is 11.9. The first-order chi connectivity index (χ1) is 9.97. The van der Waals surface area contributed by atoms with Crippen LogP contribution in [0.4, 0.5) is 5.69 Å². The average molecular weight is 331 g/mol. The van der Waals surface area contributed by atoms with E-state index < -0.39 is 0 Å². The third-order valence-corrected chi connectivity index (χ3v) is 4.84. The molecular weight excluding hydrogens is 311 g/mol. The monoisotopic (exact) mass is 330 g/mol. The van der Waals surface area contributed by atoms with Crippen LogP contribution in [0.25, 0.3) is 0 Å². The molecule has 0 aromatic heterocycles. The van der Waals surface area contributed by atoms with E-state index in [0.717, 1.165) is 25.7 Å². The molecule has 0 aliphatic heterocycles. The van der Waals surface area contributed by atoms with Crippen molar-refractivity contribution in [3.8, 4) is 0 Å². The highest BCUT2D eigenvalue weighted by Crippen LogP contribution is 2.35. The molecule has 0 bridgehead atoms. The van der Waals surface area contributed by atoms with Gasteiger partial charge in [-0.15, -0.1) is 0 Å². The topological polar surface area (TPSA) is 75.4 Å². The average Bonchev–Trinajstić information content (AvgIpc) is 2.50. The number of carbonyl (C=O) groups excluding carboxylic acids is 1. The molecule has 1 aromatic carbocycles. The molecule has 0 heterocycles. The van der Waals surface area contributed by atoms with Gasteiger partial charge in [0.2, 0.25) is 0 Å². The Balaban J connectivity index is 2.04. The second-order valence-corrected chi connectivity index (χ2v) is 6.57. The molecule has 1 aromatic rings. The Kier molecular flexibility index (Phi) is 5.36. The minimum Gasteiger partial charge on any atom is -0.396 e. The number of carbonyl (C=O) groups is 1. The van der Waals surface area contributed by atoms with Crippen molar-refractivity contribution >= 4 is 34.8 Å². The fraction of sp³-hybridized carbons (Fsp3) is 0.533. The second kappa shape index (κ2) is 6.86. The predicted octanol–water partition coefficient (Wildman–Crippen LogP) is 3.25. The molecule has 4 nitrogen and oxygen atoms in total. The lowest BCUT2D eigenvalue weighted by atomic mass is 9.74. The molecule has 116 valence electrons. The van der Waals surface area contributed by atoms with Crippen LogP contribution in [-0.2, 0) is 0 Å². The largest absolute Gasteiger partial charge is 0.396 e. The summed E-state index contributed by atoms with van der Waals surface area (Å²) in [7, 11) is 0. The lowest BCUT2D eigenvalue weighted by Crippen LogP contribution is -2.41. The summed E-state index contributed by atoms with van der Waals surface area (Å²) in [5.74, 6) is -0.253.